The number of halogens is 2. The van der Waals surface area contributed by atoms with Gasteiger partial charge in [0.05, 0.1) is 17.2 Å². The first-order valence-electron chi connectivity index (χ1n) is 8.63. The monoisotopic (exact) mass is 398 g/mol. The Morgan fingerprint density at radius 3 is 2.00 bits per heavy atom. The summed E-state index contributed by atoms with van der Waals surface area (Å²) in [6, 6.07) is 19.8. The van der Waals surface area contributed by atoms with Crippen LogP contribution in [0.15, 0.2) is 88.9 Å². The van der Waals surface area contributed by atoms with Crippen LogP contribution in [0.3, 0.4) is 0 Å². The molecule has 0 spiro atoms. The Morgan fingerprint density at radius 2 is 1.39 bits per heavy atom. The first kappa shape index (κ1) is 18.3. The fourth-order valence-corrected chi connectivity index (χ4v) is 4.45. The second-order valence-electron chi connectivity index (χ2n) is 6.42. The Morgan fingerprint density at radius 1 is 0.821 bits per heavy atom. The average Bonchev–Trinajstić information content (AvgIpc) is 3.16. The highest BCUT2D eigenvalue weighted by atomic mass is 32.2. The van der Waals surface area contributed by atoms with E-state index in [1.165, 1.54) is 24.3 Å². The molecule has 1 heterocycles. The molecule has 0 aliphatic carbocycles. The molecule has 0 saturated heterocycles. The maximum Gasteiger partial charge on any atom is 0.279 e. The number of benzene rings is 3. The normalized spacial score (nSPS) is 16.9. The molecule has 0 saturated carbocycles. The molecule has 4 nitrogen and oxygen atoms in total. The van der Waals surface area contributed by atoms with Crippen LogP contribution in [0.5, 0.6) is 0 Å². The van der Waals surface area contributed by atoms with Gasteiger partial charge in [0.25, 0.3) is 10.0 Å². The lowest BCUT2D eigenvalue weighted by molar-refractivity contribution is 0.451. The number of sulfonamides is 1. The third-order valence-electron chi connectivity index (χ3n) is 4.62. The lowest BCUT2D eigenvalue weighted by Crippen LogP contribution is -2.26. The highest BCUT2D eigenvalue weighted by molar-refractivity contribution is 7.89. The van der Waals surface area contributed by atoms with E-state index >= 15 is 0 Å². The SMILES string of the molecule is O=S(=O)(c1ccc(F)cc1)N1CC(c2ccccc2)C(c2ccc(F)cc2)=N1. The molecule has 28 heavy (non-hydrogen) atoms. The summed E-state index contributed by atoms with van der Waals surface area (Å²) in [5.41, 5.74) is 2.09. The summed E-state index contributed by atoms with van der Waals surface area (Å²) in [5.74, 6) is -1.20. The minimum absolute atomic E-state index is 0.0372. The fraction of sp³-hybridized carbons (Fsp3) is 0.0952. The van der Waals surface area contributed by atoms with E-state index in [9.17, 15) is 17.2 Å². The second kappa shape index (κ2) is 7.16. The zero-order chi connectivity index (χ0) is 19.7. The molecule has 0 aromatic heterocycles. The maximum absolute atomic E-state index is 13.3. The number of nitrogens with zero attached hydrogens (tertiary/aromatic N) is 2. The molecule has 1 unspecified atom stereocenters. The molecule has 0 amide bonds. The number of hydrogen-bond acceptors (Lipinski definition) is 3. The minimum Gasteiger partial charge on any atom is -0.207 e. The summed E-state index contributed by atoms with van der Waals surface area (Å²) in [6.07, 6.45) is 0. The van der Waals surface area contributed by atoms with Crippen molar-refractivity contribution in [3.05, 3.63) is 102 Å². The maximum atomic E-state index is 13.3. The third-order valence-corrected chi connectivity index (χ3v) is 6.27. The summed E-state index contributed by atoms with van der Waals surface area (Å²) >= 11 is 0. The molecule has 3 aromatic carbocycles. The standard InChI is InChI=1S/C21H16F2N2O2S/c22-17-8-6-16(7-9-17)21-20(15-4-2-1-3-5-15)14-25(24-21)28(26,27)19-12-10-18(23)11-13-19/h1-13,20H,14H2. The van der Waals surface area contributed by atoms with Crippen LogP contribution in [0, 0.1) is 11.6 Å². The summed E-state index contributed by atoms with van der Waals surface area (Å²) in [6.45, 7) is 0.108. The molecular formula is C21H16F2N2O2S. The van der Waals surface area contributed by atoms with Crippen LogP contribution >= 0.6 is 0 Å². The number of hydrogen-bond donors (Lipinski definition) is 0. The van der Waals surface area contributed by atoms with Gasteiger partial charge in [-0.15, -0.1) is 0 Å². The number of hydrazone groups is 1. The van der Waals surface area contributed by atoms with E-state index in [1.54, 1.807) is 12.1 Å². The van der Waals surface area contributed by atoms with Crippen molar-refractivity contribution in [2.75, 3.05) is 6.54 Å². The van der Waals surface area contributed by atoms with Gasteiger partial charge in [-0.2, -0.15) is 17.9 Å². The van der Waals surface area contributed by atoms with Gasteiger partial charge in [-0.05, 0) is 47.5 Å². The lowest BCUT2D eigenvalue weighted by atomic mass is 9.91. The van der Waals surface area contributed by atoms with E-state index in [4.69, 9.17) is 0 Å². The molecule has 1 aliphatic heterocycles. The van der Waals surface area contributed by atoms with Crippen molar-refractivity contribution < 1.29 is 17.2 Å². The van der Waals surface area contributed by atoms with Crippen LogP contribution in [0.25, 0.3) is 0 Å². The first-order chi connectivity index (χ1) is 13.4. The Hall–Kier alpha value is -3.06. The van der Waals surface area contributed by atoms with Gasteiger partial charge < -0.3 is 0 Å². The van der Waals surface area contributed by atoms with Crippen molar-refractivity contribution in [2.45, 2.75) is 10.8 Å². The zero-order valence-corrected chi connectivity index (χ0v) is 15.5. The fourth-order valence-electron chi connectivity index (χ4n) is 3.18. The topological polar surface area (TPSA) is 49.7 Å². The minimum atomic E-state index is -3.94. The van der Waals surface area contributed by atoms with E-state index in [0.717, 1.165) is 22.1 Å². The lowest BCUT2D eigenvalue weighted by Gasteiger charge is -2.16. The van der Waals surface area contributed by atoms with Gasteiger partial charge in [0.1, 0.15) is 11.6 Å². The van der Waals surface area contributed by atoms with Crippen LogP contribution in [0.4, 0.5) is 8.78 Å². The zero-order valence-electron chi connectivity index (χ0n) is 14.7. The van der Waals surface area contributed by atoms with E-state index in [1.807, 2.05) is 30.3 Å². The Kier molecular flexibility index (Phi) is 4.68. The van der Waals surface area contributed by atoms with Gasteiger partial charge in [-0.25, -0.2) is 8.78 Å². The Labute approximate surface area is 161 Å². The molecule has 1 aliphatic rings. The Balaban J connectivity index is 1.77. The van der Waals surface area contributed by atoms with E-state index < -0.39 is 15.8 Å². The van der Waals surface area contributed by atoms with Crippen LogP contribution in [0.1, 0.15) is 17.0 Å². The van der Waals surface area contributed by atoms with Crippen LogP contribution in [0.2, 0.25) is 0 Å². The predicted octanol–water partition coefficient (Wildman–Crippen LogP) is 4.16. The predicted molar refractivity (Wildman–Crippen MR) is 102 cm³/mol. The van der Waals surface area contributed by atoms with E-state index in [0.29, 0.717) is 11.3 Å². The Bertz CT molecular complexity index is 1110. The van der Waals surface area contributed by atoms with Gasteiger partial charge >= 0.3 is 0 Å². The largest absolute Gasteiger partial charge is 0.279 e. The van der Waals surface area contributed by atoms with Gasteiger partial charge in [0, 0.05) is 5.92 Å². The van der Waals surface area contributed by atoms with E-state index in [-0.39, 0.29) is 23.2 Å². The van der Waals surface area contributed by atoms with Gasteiger partial charge in [-0.3, -0.25) is 0 Å². The molecule has 0 radical (unpaired) electrons. The molecule has 7 heteroatoms. The van der Waals surface area contributed by atoms with Crippen LogP contribution < -0.4 is 0 Å². The molecule has 1 atom stereocenters. The number of rotatable bonds is 4. The van der Waals surface area contributed by atoms with Crippen LogP contribution in [-0.4, -0.2) is 25.1 Å². The first-order valence-corrected chi connectivity index (χ1v) is 10.1. The van der Waals surface area contributed by atoms with Crippen molar-refractivity contribution in [3.8, 4) is 0 Å². The van der Waals surface area contributed by atoms with Gasteiger partial charge in [0.2, 0.25) is 0 Å². The van der Waals surface area contributed by atoms with Crippen molar-refractivity contribution in [3.63, 3.8) is 0 Å². The molecule has 4 rings (SSSR count). The summed E-state index contributed by atoms with van der Waals surface area (Å²) in [7, 11) is -3.94. The van der Waals surface area contributed by atoms with Gasteiger partial charge in [-0.1, -0.05) is 42.5 Å². The van der Waals surface area contributed by atoms with E-state index in [2.05, 4.69) is 5.10 Å². The molecule has 142 valence electrons. The summed E-state index contributed by atoms with van der Waals surface area (Å²) < 4.78 is 53.5. The van der Waals surface area contributed by atoms with Crippen molar-refractivity contribution in [1.82, 2.24) is 4.41 Å². The van der Waals surface area contributed by atoms with Gasteiger partial charge in [0.15, 0.2) is 0 Å². The third kappa shape index (κ3) is 3.41. The second-order valence-corrected chi connectivity index (χ2v) is 8.26. The quantitative estimate of drug-likeness (QED) is 0.663. The van der Waals surface area contributed by atoms with Crippen molar-refractivity contribution >= 4 is 15.7 Å². The van der Waals surface area contributed by atoms with Crippen molar-refractivity contribution in [2.24, 2.45) is 5.10 Å². The molecule has 0 N–H and O–H groups in total. The highest BCUT2D eigenvalue weighted by Crippen LogP contribution is 2.32. The summed E-state index contributed by atoms with van der Waals surface area (Å²) in [4.78, 5) is -0.0372. The van der Waals surface area contributed by atoms with Crippen molar-refractivity contribution in [1.29, 1.82) is 0 Å². The summed E-state index contributed by atoms with van der Waals surface area (Å²) in [5, 5.41) is 4.36. The molecule has 0 fully saturated rings. The molecular weight excluding hydrogens is 382 g/mol. The smallest absolute Gasteiger partial charge is 0.207 e. The molecule has 3 aromatic rings. The van der Waals surface area contributed by atoms with Crippen LogP contribution in [-0.2, 0) is 10.0 Å². The molecule has 0 bridgehead atoms. The average molecular weight is 398 g/mol. The highest BCUT2D eigenvalue weighted by Gasteiger charge is 2.36.